The molecule has 36 atom stereocenters. The van der Waals surface area contributed by atoms with Gasteiger partial charge in [0.25, 0.3) is 5.79 Å². The molecule has 0 spiro atoms. The summed E-state index contributed by atoms with van der Waals surface area (Å²) in [5.74, 6) is -8.28. The van der Waals surface area contributed by atoms with Crippen LogP contribution in [0.2, 0.25) is 0 Å². The molecule has 0 saturated carbocycles. The van der Waals surface area contributed by atoms with Gasteiger partial charge in [-0.2, -0.15) is 0 Å². The second-order valence-corrected chi connectivity index (χ2v) is 23.2. The maximum Gasteiger partial charge on any atom is 0.364 e. The van der Waals surface area contributed by atoms with E-state index in [1.54, 1.807) is 0 Å². The number of aliphatic hydroxyl groups is 20. The second kappa shape index (κ2) is 32.3. The van der Waals surface area contributed by atoms with Crippen LogP contribution in [0.15, 0.2) is 0 Å². The fraction of sp³-hybridized carbons (Fsp3) is 0.922. The lowest BCUT2D eigenvalue weighted by molar-refractivity contribution is -0.404. The molecule has 7 saturated heterocycles. The SMILES string of the molecule is CC(=O)N[C@@H]1[C@@H](O[C@@H]2O[C@H](CO)[C@H](O[C@@H]3O[C@H](CO)[C@H](O)[C@@H](O)[C@H]3O)[C@H](O[C@]3(C(=O)O)C[C@H](O)[C@@H](O)[C@H]([C@H](O)[C@H](O)CO)O3)[C@H]2O)[C@@H](O)[C@@H](CO[C@@H]2O[C@H](CO)[C@@H](O[C@@H]3O[C@@H](C)[C@@H](O)[C@@H](O)[C@@H]3O)[C@H](O[C@@H]3O[C@H](CO)[C@@H](O)[C@H](O)[C@H]3NC(C)=O)[C@H]2NC(C)=O)O[C@@H]1O. The van der Waals surface area contributed by atoms with Gasteiger partial charge in [0.1, 0.15) is 165 Å². The molecule has 0 bridgehead atoms. The molecule has 0 aromatic heterocycles. The smallest absolute Gasteiger partial charge is 0.364 e. The summed E-state index contributed by atoms with van der Waals surface area (Å²) in [6.45, 7) is -2.42. The first-order chi connectivity index (χ1) is 43.3. The molecular weight excluding hydrogens is 1260 g/mol. The molecule has 0 aromatic carbocycles. The van der Waals surface area contributed by atoms with E-state index in [2.05, 4.69) is 16.0 Å². The summed E-state index contributed by atoms with van der Waals surface area (Å²) < 4.78 is 76.7. The summed E-state index contributed by atoms with van der Waals surface area (Å²) in [5.41, 5.74) is 0. The topological polar surface area (TPSA) is 649 Å². The molecule has 0 radical (unpaired) electrons. The minimum absolute atomic E-state index is 0.823. The number of carbonyl (C=O) groups is 4. The quantitative estimate of drug-likeness (QED) is 0.0427. The van der Waals surface area contributed by atoms with Crippen LogP contribution < -0.4 is 16.0 Å². The molecule has 3 amide bonds. The summed E-state index contributed by atoms with van der Waals surface area (Å²) in [7, 11) is 0. The van der Waals surface area contributed by atoms with Crippen LogP contribution >= 0.6 is 0 Å². The first kappa shape index (κ1) is 75.9. The number of hydrogen-bond acceptors (Lipinski definition) is 37. The Labute approximate surface area is 520 Å². The molecular formula is C51H85N3O38. The van der Waals surface area contributed by atoms with Gasteiger partial charge < -0.3 is 185 Å². The average Bonchev–Trinajstić information content (AvgIpc) is 0.763. The van der Waals surface area contributed by atoms with E-state index in [4.69, 9.17) is 61.6 Å². The molecule has 0 aromatic rings. The summed E-state index contributed by atoms with van der Waals surface area (Å²) in [5, 5.41) is 235. The van der Waals surface area contributed by atoms with E-state index in [0.29, 0.717) is 0 Å². The summed E-state index contributed by atoms with van der Waals surface area (Å²) in [4.78, 5) is 51.8. The van der Waals surface area contributed by atoms with E-state index in [0.717, 1.165) is 20.8 Å². The maximum absolute atomic E-state index is 13.4. The van der Waals surface area contributed by atoms with Gasteiger partial charge in [0, 0.05) is 27.2 Å². The summed E-state index contributed by atoms with van der Waals surface area (Å²) in [6, 6.07) is -5.47. The van der Waals surface area contributed by atoms with Gasteiger partial charge in [-0.3, -0.25) is 14.4 Å². The van der Waals surface area contributed by atoms with Crippen LogP contribution in [0.25, 0.3) is 0 Å². The zero-order chi connectivity index (χ0) is 68.3. The van der Waals surface area contributed by atoms with Gasteiger partial charge in [-0.05, 0) is 6.92 Å². The minimum Gasteiger partial charge on any atom is -0.477 e. The molecule has 24 N–H and O–H groups in total. The molecule has 7 aliphatic rings. The van der Waals surface area contributed by atoms with Crippen molar-refractivity contribution in [1.29, 1.82) is 0 Å². The molecule has 7 aliphatic heterocycles. The van der Waals surface area contributed by atoms with Gasteiger partial charge in [0.2, 0.25) is 17.7 Å². The summed E-state index contributed by atoms with van der Waals surface area (Å²) in [6.07, 6.45) is -67.4. The number of nitrogens with one attached hydrogen (secondary N) is 3. The Bertz CT molecular complexity index is 2400. The van der Waals surface area contributed by atoms with Crippen molar-refractivity contribution >= 4 is 23.7 Å². The molecule has 92 heavy (non-hydrogen) atoms. The van der Waals surface area contributed by atoms with Gasteiger partial charge in [-0.25, -0.2) is 4.79 Å². The van der Waals surface area contributed by atoms with Crippen LogP contribution in [0.5, 0.6) is 0 Å². The van der Waals surface area contributed by atoms with Gasteiger partial charge in [0.15, 0.2) is 37.7 Å². The molecule has 41 nitrogen and oxygen atoms in total. The Kier molecular flexibility index (Phi) is 26.6. The molecule has 7 fully saturated rings. The third-order valence-electron chi connectivity index (χ3n) is 16.7. The highest BCUT2D eigenvalue weighted by molar-refractivity contribution is 5.76. The Morgan fingerprint density at radius 3 is 1.47 bits per heavy atom. The fourth-order valence-corrected chi connectivity index (χ4v) is 11.7. The van der Waals surface area contributed by atoms with Crippen molar-refractivity contribution in [3.63, 3.8) is 0 Å². The van der Waals surface area contributed by atoms with Crippen molar-refractivity contribution in [2.45, 2.75) is 254 Å². The Morgan fingerprint density at radius 2 is 0.924 bits per heavy atom. The number of aliphatic hydroxyl groups excluding tert-OH is 20. The van der Waals surface area contributed by atoms with E-state index in [-0.39, 0.29) is 0 Å². The zero-order valence-electron chi connectivity index (χ0n) is 49.5. The highest BCUT2D eigenvalue weighted by Crippen LogP contribution is 2.41. The first-order valence-corrected chi connectivity index (χ1v) is 29.1. The van der Waals surface area contributed by atoms with Crippen LogP contribution in [0.4, 0.5) is 0 Å². The summed E-state index contributed by atoms with van der Waals surface area (Å²) >= 11 is 0. The Balaban J connectivity index is 1.24. The molecule has 7 heterocycles. The number of carboxylic acids is 1. The highest BCUT2D eigenvalue weighted by atomic mass is 16.8. The number of carboxylic acid groups (broad SMARTS) is 1. The predicted molar refractivity (Wildman–Crippen MR) is 282 cm³/mol. The van der Waals surface area contributed by atoms with Crippen LogP contribution in [0.1, 0.15) is 34.1 Å². The molecule has 532 valence electrons. The highest BCUT2D eigenvalue weighted by Gasteiger charge is 2.62. The molecule has 0 unspecified atom stereocenters. The van der Waals surface area contributed by atoms with E-state index >= 15 is 0 Å². The Morgan fingerprint density at radius 1 is 0.467 bits per heavy atom. The number of carbonyl (C=O) groups excluding carboxylic acids is 3. The van der Waals surface area contributed by atoms with E-state index < -0.39 is 290 Å². The first-order valence-electron chi connectivity index (χ1n) is 29.1. The van der Waals surface area contributed by atoms with Gasteiger partial charge in [-0.15, -0.1) is 0 Å². The second-order valence-electron chi connectivity index (χ2n) is 23.2. The fourth-order valence-electron chi connectivity index (χ4n) is 11.7. The zero-order valence-corrected chi connectivity index (χ0v) is 49.5. The van der Waals surface area contributed by atoms with Crippen molar-refractivity contribution in [1.82, 2.24) is 16.0 Å². The Hall–Kier alpha value is -3.44. The van der Waals surface area contributed by atoms with Crippen LogP contribution in [0.3, 0.4) is 0 Å². The van der Waals surface area contributed by atoms with Crippen LogP contribution in [-0.4, -0.2) is 391 Å². The number of amides is 3. The normalized spacial score (nSPS) is 47.6. The lowest BCUT2D eigenvalue weighted by atomic mass is 9.90. The molecule has 0 aliphatic carbocycles. The third-order valence-corrected chi connectivity index (χ3v) is 16.7. The largest absolute Gasteiger partial charge is 0.477 e. The van der Waals surface area contributed by atoms with E-state index in [1.165, 1.54) is 6.92 Å². The predicted octanol–water partition coefficient (Wildman–Crippen LogP) is -15.6. The number of hydrogen-bond donors (Lipinski definition) is 24. The van der Waals surface area contributed by atoms with Gasteiger partial charge in [-0.1, -0.05) is 0 Å². The molecule has 41 heteroatoms. The lowest BCUT2D eigenvalue weighted by Crippen LogP contribution is -2.71. The van der Waals surface area contributed by atoms with Crippen molar-refractivity contribution < 1.29 is 188 Å². The molecule has 7 rings (SSSR count). The minimum atomic E-state index is -3.40. The number of ether oxygens (including phenoxy) is 13. The van der Waals surface area contributed by atoms with Crippen molar-refractivity contribution in [3.05, 3.63) is 0 Å². The average molecular weight is 1350 g/mol. The van der Waals surface area contributed by atoms with Gasteiger partial charge >= 0.3 is 5.97 Å². The van der Waals surface area contributed by atoms with Crippen molar-refractivity contribution in [2.24, 2.45) is 0 Å². The van der Waals surface area contributed by atoms with E-state index in [9.17, 15) is 126 Å². The number of rotatable bonds is 24. The monoisotopic (exact) mass is 1350 g/mol. The lowest BCUT2D eigenvalue weighted by Gasteiger charge is -2.52. The van der Waals surface area contributed by atoms with Crippen molar-refractivity contribution in [3.8, 4) is 0 Å². The van der Waals surface area contributed by atoms with Gasteiger partial charge in [0.05, 0.1) is 51.8 Å². The maximum atomic E-state index is 13.4. The van der Waals surface area contributed by atoms with Crippen LogP contribution in [0, 0.1) is 0 Å². The standard InChI is InChI=1S/C51H85N3O38/c1-12-26(65)33(72)35(74)47(81-12)87-38-20(9-58)85-45(25(54-15(4)62)41(38)90-46-23(52-13(2)60)32(71)29(68)18(7-56)83-46)80-11-22-31(70)40(24(44(77)82-22)53-14(3)61)89-49-37(76)43(39(21(10-59)86-49)88-48-36(75)34(73)30(69)19(8-57)84-48)92-51(50(78)79)5-16(63)27(66)42(91-51)28(67)17(64)6-55/h12,16-49,55-59,63-77H,5-11H2,1-4H3,(H,52,60)(H,53,61)(H,54,62)(H,78,79)/t12-,16-,17+,18+,19+,20+,21+,22+,23+,24+,25+,26+,27+,28+,29+,30-,31-,32+,33+,34+,35-,36+,37+,38+,39-,40+,41+,42+,43+,44-,45+,46-,47-,48-,49-,51-/m0/s1. The van der Waals surface area contributed by atoms with Crippen molar-refractivity contribution in [2.75, 3.05) is 39.6 Å². The van der Waals surface area contributed by atoms with E-state index in [1.807, 2.05) is 0 Å². The number of aliphatic carboxylic acids is 1. The third kappa shape index (κ3) is 16.4. The van der Waals surface area contributed by atoms with Crippen LogP contribution in [-0.2, 0) is 80.8 Å².